The molecular formula is C10H8F2N2OS. The van der Waals surface area contributed by atoms with E-state index in [0.717, 1.165) is 30.0 Å². The molecule has 16 heavy (non-hydrogen) atoms. The number of carbonyl (C=O) groups is 1. The summed E-state index contributed by atoms with van der Waals surface area (Å²) in [7, 11) is 0. The van der Waals surface area contributed by atoms with Crippen LogP contribution in [0.2, 0.25) is 0 Å². The Labute approximate surface area is 95.4 Å². The first-order chi connectivity index (χ1) is 7.61. The van der Waals surface area contributed by atoms with Gasteiger partial charge in [0.2, 0.25) is 5.91 Å². The lowest BCUT2D eigenvalue weighted by molar-refractivity contribution is -0.113. The van der Waals surface area contributed by atoms with Gasteiger partial charge in [-0.05, 0) is 12.1 Å². The van der Waals surface area contributed by atoms with Crippen molar-refractivity contribution in [3.05, 3.63) is 29.8 Å². The van der Waals surface area contributed by atoms with E-state index in [4.69, 9.17) is 5.26 Å². The number of anilines is 1. The maximum absolute atomic E-state index is 12.7. The second kappa shape index (κ2) is 6.08. The van der Waals surface area contributed by atoms with Crippen LogP contribution < -0.4 is 5.32 Å². The van der Waals surface area contributed by atoms with Crippen molar-refractivity contribution in [1.29, 1.82) is 5.26 Å². The van der Waals surface area contributed by atoms with E-state index < -0.39 is 17.5 Å². The number of nitriles is 1. The van der Waals surface area contributed by atoms with Gasteiger partial charge in [-0.2, -0.15) is 5.26 Å². The largest absolute Gasteiger partial charge is 0.325 e. The third-order valence-corrected chi connectivity index (χ3v) is 2.35. The van der Waals surface area contributed by atoms with Gasteiger partial charge in [-0.15, -0.1) is 11.8 Å². The Morgan fingerprint density at radius 2 is 2.00 bits per heavy atom. The van der Waals surface area contributed by atoms with Crippen molar-refractivity contribution in [3.63, 3.8) is 0 Å². The van der Waals surface area contributed by atoms with Crippen LogP contribution in [0.1, 0.15) is 0 Å². The van der Waals surface area contributed by atoms with E-state index >= 15 is 0 Å². The van der Waals surface area contributed by atoms with E-state index in [9.17, 15) is 13.6 Å². The summed E-state index contributed by atoms with van der Waals surface area (Å²) >= 11 is 1.13. The number of hydrogen-bond donors (Lipinski definition) is 1. The number of thioether (sulfide) groups is 1. The van der Waals surface area contributed by atoms with Crippen molar-refractivity contribution in [2.75, 3.05) is 16.8 Å². The maximum atomic E-state index is 12.7. The van der Waals surface area contributed by atoms with Gasteiger partial charge in [0.25, 0.3) is 0 Å². The van der Waals surface area contributed by atoms with Crippen LogP contribution in [0.15, 0.2) is 18.2 Å². The van der Waals surface area contributed by atoms with Crippen LogP contribution in [0.4, 0.5) is 14.5 Å². The van der Waals surface area contributed by atoms with Crippen molar-refractivity contribution >= 4 is 23.4 Å². The van der Waals surface area contributed by atoms with E-state index in [2.05, 4.69) is 5.32 Å². The normalized spacial score (nSPS) is 9.56. The Morgan fingerprint density at radius 3 is 2.56 bits per heavy atom. The Balaban J connectivity index is 2.53. The first kappa shape index (κ1) is 12.5. The number of hydrogen-bond acceptors (Lipinski definition) is 3. The first-order valence-corrected chi connectivity index (χ1v) is 5.48. The number of nitrogens with one attached hydrogen (secondary N) is 1. The van der Waals surface area contributed by atoms with Gasteiger partial charge in [-0.1, -0.05) is 0 Å². The molecule has 1 N–H and O–H groups in total. The summed E-state index contributed by atoms with van der Waals surface area (Å²) in [6.07, 6.45) is 0. The highest BCUT2D eigenvalue weighted by molar-refractivity contribution is 8.00. The molecule has 1 rings (SSSR count). The van der Waals surface area contributed by atoms with Crippen molar-refractivity contribution in [1.82, 2.24) is 0 Å². The minimum Gasteiger partial charge on any atom is -0.325 e. The molecule has 3 nitrogen and oxygen atoms in total. The predicted molar refractivity (Wildman–Crippen MR) is 57.9 cm³/mol. The summed E-state index contributed by atoms with van der Waals surface area (Å²) in [5, 5.41) is 10.6. The Bertz CT molecular complexity index is 411. The van der Waals surface area contributed by atoms with Crippen LogP contribution in [0.3, 0.4) is 0 Å². The monoisotopic (exact) mass is 242 g/mol. The lowest BCUT2D eigenvalue weighted by Gasteiger charge is -2.04. The van der Waals surface area contributed by atoms with Crippen molar-refractivity contribution in [2.24, 2.45) is 0 Å². The summed E-state index contributed by atoms with van der Waals surface area (Å²) in [6, 6.07) is 4.64. The van der Waals surface area contributed by atoms with E-state index in [1.165, 1.54) is 0 Å². The summed E-state index contributed by atoms with van der Waals surface area (Å²) < 4.78 is 25.5. The Morgan fingerprint density at radius 1 is 1.38 bits per heavy atom. The van der Waals surface area contributed by atoms with Gasteiger partial charge < -0.3 is 5.32 Å². The summed E-state index contributed by atoms with van der Waals surface area (Å²) in [6.45, 7) is 0. The number of amides is 1. The van der Waals surface area contributed by atoms with E-state index in [0.29, 0.717) is 0 Å². The third-order valence-electron chi connectivity index (χ3n) is 1.55. The fourth-order valence-corrected chi connectivity index (χ4v) is 1.46. The summed E-state index contributed by atoms with van der Waals surface area (Å²) in [5.41, 5.74) is 0.0695. The lowest BCUT2D eigenvalue weighted by Crippen LogP contribution is -2.14. The average molecular weight is 242 g/mol. The third kappa shape index (κ3) is 4.28. The van der Waals surface area contributed by atoms with Gasteiger partial charge in [-0.3, -0.25) is 4.79 Å². The summed E-state index contributed by atoms with van der Waals surface area (Å²) in [4.78, 5) is 11.2. The molecule has 0 radical (unpaired) electrons. The number of rotatable bonds is 4. The highest BCUT2D eigenvalue weighted by atomic mass is 32.2. The fraction of sp³-hybridized carbons (Fsp3) is 0.200. The van der Waals surface area contributed by atoms with Gasteiger partial charge in [0, 0.05) is 11.8 Å². The Kier molecular flexibility index (Phi) is 4.73. The SMILES string of the molecule is N#CCSCC(=O)Nc1cc(F)cc(F)c1. The van der Waals surface area contributed by atoms with Crippen molar-refractivity contribution in [3.8, 4) is 6.07 Å². The lowest BCUT2D eigenvalue weighted by atomic mass is 10.3. The molecule has 1 aromatic rings. The predicted octanol–water partition coefficient (Wildman–Crippen LogP) is 2.16. The molecule has 0 aromatic heterocycles. The molecule has 0 atom stereocenters. The molecule has 0 spiro atoms. The molecule has 1 aromatic carbocycles. The van der Waals surface area contributed by atoms with Gasteiger partial charge >= 0.3 is 0 Å². The molecule has 0 aliphatic rings. The van der Waals surface area contributed by atoms with E-state index in [1.54, 1.807) is 0 Å². The van der Waals surface area contributed by atoms with Crippen LogP contribution in [-0.2, 0) is 4.79 Å². The molecule has 0 bridgehead atoms. The highest BCUT2D eigenvalue weighted by Crippen LogP contribution is 2.13. The van der Waals surface area contributed by atoms with Crippen LogP contribution in [0.25, 0.3) is 0 Å². The molecular weight excluding hydrogens is 234 g/mol. The minimum atomic E-state index is -0.750. The topological polar surface area (TPSA) is 52.9 Å². The molecule has 0 fully saturated rings. The second-order valence-electron chi connectivity index (χ2n) is 2.86. The molecule has 0 saturated carbocycles. The molecule has 0 aliphatic carbocycles. The maximum Gasteiger partial charge on any atom is 0.234 e. The molecule has 0 saturated heterocycles. The van der Waals surface area contributed by atoms with Gasteiger partial charge in [-0.25, -0.2) is 8.78 Å². The molecule has 1 amide bonds. The zero-order chi connectivity index (χ0) is 12.0. The zero-order valence-electron chi connectivity index (χ0n) is 8.17. The number of halogens is 2. The van der Waals surface area contributed by atoms with Crippen LogP contribution in [-0.4, -0.2) is 17.4 Å². The van der Waals surface area contributed by atoms with Crippen LogP contribution >= 0.6 is 11.8 Å². The van der Waals surface area contributed by atoms with Crippen molar-refractivity contribution in [2.45, 2.75) is 0 Å². The minimum absolute atomic E-state index is 0.0695. The highest BCUT2D eigenvalue weighted by Gasteiger charge is 2.05. The van der Waals surface area contributed by atoms with Crippen LogP contribution in [0.5, 0.6) is 0 Å². The van der Waals surface area contributed by atoms with Crippen LogP contribution in [0, 0.1) is 23.0 Å². The first-order valence-electron chi connectivity index (χ1n) is 4.32. The second-order valence-corrected chi connectivity index (χ2v) is 3.84. The molecule has 0 unspecified atom stereocenters. The molecule has 0 aliphatic heterocycles. The van der Waals surface area contributed by atoms with Crippen molar-refractivity contribution < 1.29 is 13.6 Å². The summed E-state index contributed by atoms with van der Waals surface area (Å²) in [5.74, 6) is -1.62. The van der Waals surface area contributed by atoms with E-state index in [-0.39, 0.29) is 17.2 Å². The smallest absolute Gasteiger partial charge is 0.234 e. The van der Waals surface area contributed by atoms with Gasteiger partial charge in [0.15, 0.2) is 0 Å². The molecule has 6 heteroatoms. The van der Waals surface area contributed by atoms with Gasteiger partial charge in [0.1, 0.15) is 11.6 Å². The quantitative estimate of drug-likeness (QED) is 0.823. The standard InChI is InChI=1S/C10H8F2N2OS/c11-7-3-8(12)5-9(4-7)14-10(15)6-16-2-1-13/h3-5H,2,6H2,(H,14,15). The van der Waals surface area contributed by atoms with Gasteiger partial charge in [0.05, 0.1) is 17.6 Å². The number of nitrogens with zero attached hydrogens (tertiary/aromatic N) is 1. The molecule has 84 valence electrons. The molecule has 0 heterocycles. The zero-order valence-corrected chi connectivity index (χ0v) is 8.98. The number of carbonyl (C=O) groups excluding carboxylic acids is 1. The fourth-order valence-electron chi connectivity index (χ4n) is 1.01. The van der Waals surface area contributed by atoms with E-state index in [1.807, 2.05) is 6.07 Å². The number of benzene rings is 1. The Hall–Kier alpha value is -1.61. The average Bonchev–Trinajstić information content (AvgIpc) is 2.16.